The summed E-state index contributed by atoms with van der Waals surface area (Å²) in [5, 5.41) is 7.38. The smallest absolute Gasteiger partial charge is 0.410 e. The SMILES string of the molecule is Cc1cc2cc(NC(=O)N3CCc4c(N5CCN(C(=O)OC(C)(C)C)[C@@H](C)C5)ccnc43)ccn2n1. The van der Waals surface area contributed by atoms with Crippen LogP contribution in [0, 0.1) is 6.92 Å². The number of pyridine rings is 2. The molecule has 5 heterocycles. The molecule has 0 saturated carbocycles. The lowest BCUT2D eigenvalue weighted by Gasteiger charge is -2.41. The predicted octanol–water partition coefficient (Wildman–Crippen LogP) is 4.08. The van der Waals surface area contributed by atoms with Crippen molar-refractivity contribution in [3.63, 3.8) is 0 Å². The highest BCUT2D eigenvalue weighted by Gasteiger charge is 2.34. The van der Waals surface area contributed by atoms with E-state index in [2.05, 4.69) is 20.3 Å². The van der Waals surface area contributed by atoms with Gasteiger partial charge < -0.3 is 19.9 Å². The van der Waals surface area contributed by atoms with Crippen LogP contribution in [0.25, 0.3) is 5.52 Å². The van der Waals surface area contributed by atoms with Crippen molar-refractivity contribution in [2.24, 2.45) is 0 Å². The summed E-state index contributed by atoms with van der Waals surface area (Å²) in [5.74, 6) is 0.688. The second-order valence-electron chi connectivity index (χ2n) is 10.5. The highest BCUT2D eigenvalue weighted by molar-refractivity contribution is 6.03. The topological polar surface area (TPSA) is 95.3 Å². The van der Waals surface area contributed by atoms with Gasteiger partial charge in [-0.05, 0) is 65.3 Å². The monoisotopic (exact) mass is 491 g/mol. The summed E-state index contributed by atoms with van der Waals surface area (Å²) in [5.41, 5.74) is 4.17. The summed E-state index contributed by atoms with van der Waals surface area (Å²) in [6, 6.07) is 7.51. The number of nitrogens with zero attached hydrogens (tertiary/aromatic N) is 6. The molecule has 10 nitrogen and oxygen atoms in total. The third kappa shape index (κ3) is 4.67. The minimum atomic E-state index is -0.520. The molecule has 0 unspecified atom stereocenters. The first kappa shape index (κ1) is 23.9. The van der Waals surface area contributed by atoms with Gasteiger partial charge in [0.05, 0.1) is 11.2 Å². The molecule has 3 aromatic heterocycles. The number of amides is 3. The second-order valence-corrected chi connectivity index (χ2v) is 10.5. The lowest BCUT2D eigenvalue weighted by Crippen LogP contribution is -2.55. The Morgan fingerprint density at radius 2 is 1.94 bits per heavy atom. The molecular formula is C26H33N7O3. The van der Waals surface area contributed by atoms with Crippen LogP contribution in [-0.2, 0) is 11.2 Å². The van der Waals surface area contributed by atoms with Crippen LogP contribution in [0.3, 0.4) is 0 Å². The Morgan fingerprint density at radius 1 is 1.14 bits per heavy atom. The molecule has 3 aromatic rings. The Bertz CT molecular complexity index is 1310. The summed E-state index contributed by atoms with van der Waals surface area (Å²) in [6.07, 6.45) is 4.05. The standard InChI is InChI=1S/C26H33N7O3/c1-17-14-20-15-19(7-11-33(20)29-17)28-24(34)32-10-8-21-22(6-9-27-23(21)32)30-12-13-31(18(2)16-30)25(35)36-26(3,4)5/h6-7,9,11,14-15,18H,8,10,12-13,16H2,1-5H3,(H,28,34)/t18-/m0/s1. The van der Waals surface area contributed by atoms with Gasteiger partial charge in [0.1, 0.15) is 11.4 Å². The van der Waals surface area contributed by atoms with Crippen molar-refractivity contribution in [2.75, 3.05) is 41.3 Å². The van der Waals surface area contributed by atoms with Gasteiger partial charge in [-0.1, -0.05) is 0 Å². The molecule has 2 aliphatic rings. The molecule has 1 saturated heterocycles. The van der Waals surface area contributed by atoms with Crippen LogP contribution in [0.1, 0.15) is 39.0 Å². The highest BCUT2D eigenvalue weighted by atomic mass is 16.6. The molecule has 36 heavy (non-hydrogen) atoms. The first-order chi connectivity index (χ1) is 17.1. The van der Waals surface area contributed by atoms with E-state index in [4.69, 9.17) is 4.74 Å². The van der Waals surface area contributed by atoms with E-state index >= 15 is 0 Å². The van der Waals surface area contributed by atoms with Crippen LogP contribution in [0.2, 0.25) is 0 Å². The van der Waals surface area contributed by atoms with Gasteiger partial charge in [0, 0.05) is 61.6 Å². The first-order valence-corrected chi connectivity index (χ1v) is 12.4. The van der Waals surface area contributed by atoms with Gasteiger partial charge in [-0.3, -0.25) is 4.90 Å². The number of ether oxygens (including phenoxy) is 1. The van der Waals surface area contributed by atoms with Gasteiger partial charge in [0.2, 0.25) is 0 Å². The summed E-state index contributed by atoms with van der Waals surface area (Å²) < 4.78 is 7.36. The van der Waals surface area contributed by atoms with Crippen molar-refractivity contribution in [1.29, 1.82) is 0 Å². The number of fused-ring (bicyclic) bond motifs is 2. The number of nitrogens with one attached hydrogen (secondary N) is 1. The minimum absolute atomic E-state index is 0.000296. The van der Waals surface area contributed by atoms with E-state index in [1.807, 2.05) is 65.1 Å². The van der Waals surface area contributed by atoms with Gasteiger partial charge in [0.25, 0.3) is 0 Å². The van der Waals surface area contributed by atoms with Crippen LogP contribution in [0.15, 0.2) is 36.7 Å². The van der Waals surface area contributed by atoms with Gasteiger partial charge in [-0.2, -0.15) is 5.10 Å². The van der Waals surface area contributed by atoms with Crippen LogP contribution in [-0.4, -0.2) is 69.4 Å². The summed E-state index contributed by atoms with van der Waals surface area (Å²) in [6.45, 7) is 12.1. The lowest BCUT2D eigenvalue weighted by atomic mass is 10.1. The first-order valence-electron chi connectivity index (χ1n) is 12.4. The fourth-order valence-electron chi connectivity index (χ4n) is 4.93. The van der Waals surface area contributed by atoms with Crippen LogP contribution >= 0.6 is 0 Å². The normalized spacial score (nSPS) is 17.9. The van der Waals surface area contributed by atoms with Gasteiger partial charge in [0.15, 0.2) is 0 Å². The zero-order valence-corrected chi connectivity index (χ0v) is 21.5. The third-order valence-electron chi connectivity index (χ3n) is 6.53. The Balaban J connectivity index is 1.29. The Hall–Kier alpha value is -3.82. The Labute approximate surface area is 210 Å². The summed E-state index contributed by atoms with van der Waals surface area (Å²) in [4.78, 5) is 36.1. The lowest BCUT2D eigenvalue weighted by molar-refractivity contribution is 0.0159. The average Bonchev–Trinajstić information content (AvgIpc) is 3.40. The second kappa shape index (κ2) is 9.00. The number of hydrogen-bond acceptors (Lipinski definition) is 6. The van der Waals surface area contributed by atoms with E-state index in [1.54, 1.807) is 20.5 Å². The zero-order chi connectivity index (χ0) is 25.6. The van der Waals surface area contributed by atoms with E-state index in [-0.39, 0.29) is 18.2 Å². The third-order valence-corrected chi connectivity index (χ3v) is 6.53. The molecule has 0 aliphatic carbocycles. The molecule has 3 amide bonds. The molecule has 1 N–H and O–H groups in total. The number of urea groups is 1. The fraction of sp³-hybridized carbons (Fsp3) is 0.462. The van der Waals surface area contributed by atoms with E-state index in [0.717, 1.165) is 28.9 Å². The van der Waals surface area contributed by atoms with Crippen LogP contribution < -0.4 is 15.1 Å². The molecule has 5 rings (SSSR count). The number of carbonyl (C=O) groups is 2. The van der Waals surface area contributed by atoms with Crippen LogP contribution in [0.4, 0.5) is 26.8 Å². The number of aromatic nitrogens is 3. The summed E-state index contributed by atoms with van der Waals surface area (Å²) in [7, 11) is 0. The number of piperazine rings is 1. The molecule has 2 aliphatic heterocycles. The number of rotatable bonds is 2. The molecule has 1 atom stereocenters. The highest BCUT2D eigenvalue weighted by Crippen LogP contribution is 2.35. The Morgan fingerprint density at radius 3 is 2.69 bits per heavy atom. The quantitative estimate of drug-likeness (QED) is 0.581. The largest absolute Gasteiger partial charge is 0.444 e. The number of carbonyl (C=O) groups excluding carboxylic acids is 2. The molecule has 0 aromatic carbocycles. The summed E-state index contributed by atoms with van der Waals surface area (Å²) >= 11 is 0. The zero-order valence-electron chi connectivity index (χ0n) is 21.5. The van der Waals surface area contributed by atoms with Gasteiger partial charge >= 0.3 is 12.1 Å². The van der Waals surface area contributed by atoms with Crippen molar-refractivity contribution in [3.05, 3.63) is 47.9 Å². The number of aryl methyl sites for hydroxylation is 1. The Kier molecular flexibility index (Phi) is 5.97. The van der Waals surface area contributed by atoms with E-state index in [1.165, 1.54) is 0 Å². The van der Waals surface area contributed by atoms with E-state index in [9.17, 15) is 9.59 Å². The average molecular weight is 492 g/mol. The van der Waals surface area contributed by atoms with Crippen molar-refractivity contribution >= 4 is 34.8 Å². The maximum atomic E-state index is 13.2. The molecule has 0 bridgehead atoms. The molecular weight excluding hydrogens is 458 g/mol. The molecule has 10 heteroatoms. The van der Waals surface area contributed by atoms with E-state index in [0.29, 0.717) is 37.7 Å². The minimum Gasteiger partial charge on any atom is -0.444 e. The van der Waals surface area contributed by atoms with Crippen molar-refractivity contribution in [3.8, 4) is 0 Å². The van der Waals surface area contributed by atoms with E-state index < -0.39 is 5.60 Å². The molecule has 1 fully saturated rings. The van der Waals surface area contributed by atoms with Gasteiger partial charge in [-0.25, -0.2) is 19.1 Å². The fourth-order valence-corrected chi connectivity index (χ4v) is 4.93. The number of hydrogen-bond donors (Lipinski definition) is 1. The van der Waals surface area contributed by atoms with Crippen molar-refractivity contribution < 1.29 is 14.3 Å². The van der Waals surface area contributed by atoms with Crippen LogP contribution in [0.5, 0.6) is 0 Å². The molecule has 0 radical (unpaired) electrons. The van der Waals surface area contributed by atoms with Gasteiger partial charge in [-0.15, -0.1) is 0 Å². The molecule has 0 spiro atoms. The maximum absolute atomic E-state index is 13.2. The molecule has 190 valence electrons. The van der Waals surface area contributed by atoms with Crippen molar-refractivity contribution in [2.45, 2.75) is 52.7 Å². The number of anilines is 3. The van der Waals surface area contributed by atoms with Crippen molar-refractivity contribution in [1.82, 2.24) is 19.5 Å². The maximum Gasteiger partial charge on any atom is 0.410 e. The predicted molar refractivity (Wildman–Crippen MR) is 139 cm³/mol.